The summed E-state index contributed by atoms with van der Waals surface area (Å²) in [5.74, 6) is 0.989. The van der Waals surface area contributed by atoms with Gasteiger partial charge in [0.05, 0.1) is 20.3 Å². The van der Waals surface area contributed by atoms with Gasteiger partial charge in [0.2, 0.25) is 0 Å². The summed E-state index contributed by atoms with van der Waals surface area (Å²) >= 11 is 0. The van der Waals surface area contributed by atoms with Gasteiger partial charge in [-0.2, -0.15) is 0 Å². The SMILES string of the molecule is COc1ccc(C[NH+]2CCOCC2)c(C)c1C. The standard InChI is InChI=1S/C14H21NO2/c1-11-12(2)14(16-3)5-4-13(11)10-15-6-8-17-9-7-15/h4-5H,6-10H2,1-3H3/p+1. The van der Waals surface area contributed by atoms with Crippen LogP contribution in [0.3, 0.4) is 0 Å². The van der Waals surface area contributed by atoms with E-state index in [0.717, 1.165) is 38.6 Å². The first-order valence-corrected chi connectivity index (χ1v) is 6.26. The Hall–Kier alpha value is -1.06. The van der Waals surface area contributed by atoms with Crippen molar-refractivity contribution < 1.29 is 14.4 Å². The van der Waals surface area contributed by atoms with Crippen LogP contribution in [0, 0.1) is 13.8 Å². The highest BCUT2D eigenvalue weighted by atomic mass is 16.5. The van der Waals surface area contributed by atoms with Crippen molar-refractivity contribution in [1.29, 1.82) is 0 Å². The van der Waals surface area contributed by atoms with E-state index >= 15 is 0 Å². The first kappa shape index (κ1) is 12.4. The number of quaternary nitrogens is 1. The van der Waals surface area contributed by atoms with Crippen molar-refractivity contribution in [2.24, 2.45) is 0 Å². The number of morpholine rings is 1. The predicted molar refractivity (Wildman–Crippen MR) is 67.7 cm³/mol. The van der Waals surface area contributed by atoms with E-state index in [4.69, 9.17) is 9.47 Å². The zero-order valence-electron chi connectivity index (χ0n) is 11.0. The molecule has 0 saturated carbocycles. The molecule has 1 fully saturated rings. The molecule has 3 nitrogen and oxygen atoms in total. The molecule has 1 heterocycles. The van der Waals surface area contributed by atoms with E-state index in [-0.39, 0.29) is 0 Å². The molecule has 0 amide bonds. The van der Waals surface area contributed by atoms with Gasteiger partial charge in [0, 0.05) is 5.56 Å². The van der Waals surface area contributed by atoms with Gasteiger partial charge >= 0.3 is 0 Å². The molecule has 0 atom stereocenters. The molecule has 0 aromatic heterocycles. The molecule has 2 rings (SSSR count). The Balaban J connectivity index is 2.12. The van der Waals surface area contributed by atoms with Crippen LogP contribution in [0.2, 0.25) is 0 Å². The van der Waals surface area contributed by atoms with Crippen LogP contribution in [-0.4, -0.2) is 33.4 Å². The van der Waals surface area contributed by atoms with Gasteiger partial charge in [-0.1, -0.05) is 0 Å². The van der Waals surface area contributed by atoms with Crippen LogP contribution in [0.1, 0.15) is 16.7 Å². The van der Waals surface area contributed by atoms with Gasteiger partial charge in [0.25, 0.3) is 0 Å². The zero-order valence-corrected chi connectivity index (χ0v) is 11.0. The van der Waals surface area contributed by atoms with Crippen LogP contribution in [0.25, 0.3) is 0 Å². The van der Waals surface area contributed by atoms with E-state index in [9.17, 15) is 0 Å². The Morgan fingerprint density at radius 2 is 1.88 bits per heavy atom. The molecule has 0 spiro atoms. The predicted octanol–water partition coefficient (Wildman–Crippen LogP) is 0.727. The summed E-state index contributed by atoms with van der Waals surface area (Å²) in [7, 11) is 1.73. The molecule has 1 aliphatic heterocycles. The van der Waals surface area contributed by atoms with Crippen LogP contribution in [-0.2, 0) is 11.3 Å². The highest BCUT2D eigenvalue weighted by Gasteiger charge is 2.16. The van der Waals surface area contributed by atoms with E-state index in [1.165, 1.54) is 16.7 Å². The summed E-state index contributed by atoms with van der Waals surface area (Å²) in [6.07, 6.45) is 0. The van der Waals surface area contributed by atoms with Gasteiger partial charge in [-0.05, 0) is 37.1 Å². The van der Waals surface area contributed by atoms with Gasteiger partial charge in [-0.25, -0.2) is 0 Å². The first-order valence-electron chi connectivity index (χ1n) is 6.26. The fourth-order valence-corrected chi connectivity index (χ4v) is 2.37. The molecule has 17 heavy (non-hydrogen) atoms. The molecule has 1 N–H and O–H groups in total. The molecule has 94 valence electrons. The number of rotatable bonds is 3. The third kappa shape index (κ3) is 2.79. The average Bonchev–Trinajstić information content (AvgIpc) is 2.37. The topological polar surface area (TPSA) is 22.9 Å². The number of hydrogen-bond donors (Lipinski definition) is 1. The molecule has 3 heteroatoms. The van der Waals surface area contributed by atoms with Gasteiger partial charge in [0.1, 0.15) is 25.4 Å². The summed E-state index contributed by atoms with van der Waals surface area (Å²) in [4.78, 5) is 1.61. The third-order valence-corrected chi connectivity index (χ3v) is 3.71. The van der Waals surface area contributed by atoms with Crippen LogP contribution >= 0.6 is 0 Å². The summed E-state index contributed by atoms with van der Waals surface area (Å²) in [5.41, 5.74) is 4.06. The monoisotopic (exact) mass is 236 g/mol. The molecule has 1 saturated heterocycles. The smallest absolute Gasteiger partial charge is 0.122 e. The van der Waals surface area contributed by atoms with Gasteiger partial charge in [-0.3, -0.25) is 0 Å². The molecular formula is C14H22NO2+. The second-order valence-electron chi connectivity index (χ2n) is 4.72. The van der Waals surface area contributed by atoms with Gasteiger partial charge < -0.3 is 14.4 Å². The van der Waals surface area contributed by atoms with Crippen molar-refractivity contribution in [3.8, 4) is 5.75 Å². The lowest BCUT2D eigenvalue weighted by molar-refractivity contribution is -0.921. The number of ether oxygens (including phenoxy) is 2. The van der Waals surface area contributed by atoms with Crippen LogP contribution in [0.4, 0.5) is 0 Å². The second-order valence-corrected chi connectivity index (χ2v) is 4.72. The Morgan fingerprint density at radius 1 is 1.18 bits per heavy atom. The number of hydrogen-bond acceptors (Lipinski definition) is 2. The molecule has 0 aliphatic carbocycles. The van der Waals surface area contributed by atoms with E-state index in [1.807, 2.05) is 0 Å². The van der Waals surface area contributed by atoms with E-state index in [1.54, 1.807) is 12.0 Å². The lowest BCUT2D eigenvalue weighted by atomic mass is 10.0. The van der Waals surface area contributed by atoms with Gasteiger partial charge in [0.15, 0.2) is 0 Å². The van der Waals surface area contributed by atoms with Crippen LogP contribution in [0.15, 0.2) is 12.1 Å². The Kier molecular flexibility index (Phi) is 4.02. The molecule has 1 aromatic rings. The van der Waals surface area contributed by atoms with Crippen molar-refractivity contribution in [1.82, 2.24) is 0 Å². The number of benzene rings is 1. The fraction of sp³-hybridized carbons (Fsp3) is 0.571. The fourth-order valence-electron chi connectivity index (χ4n) is 2.37. The van der Waals surface area contributed by atoms with Crippen molar-refractivity contribution in [2.45, 2.75) is 20.4 Å². The Morgan fingerprint density at radius 3 is 2.53 bits per heavy atom. The minimum atomic E-state index is 0.892. The minimum Gasteiger partial charge on any atom is -0.496 e. The van der Waals surface area contributed by atoms with Crippen molar-refractivity contribution in [3.05, 3.63) is 28.8 Å². The number of nitrogens with one attached hydrogen (secondary N) is 1. The summed E-state index contributed by atoms with van der Waals surface area (Å²) in [6, 6.07) is 4.28. The molecule has 0 unspecified atom stereocenters. The second kappa shape index (κ2) is 5.52. The van der Waals surface area contributed by atoms with E-state index in [0.29, 0.717) is 0 Å². The lowest BCUT2D eigenvalue weighted by Gasteiger charge is -2.25. The maximum Gasteiger partial charge on any atom is 0.122 e. The first-order chi connectivity index (χ1) is 8.22. The molecule has 1 aromatic carbocycles. The molecular weight excluding hydrogens is 214 g/mol. The molecule has 1 aliphatic rings. The lowest BCUT2D eigenvalue weighted by Crippen LogP contribution is -3.12. The average molecular weight is 236 g/mol. The molecule has 0 bridgehead atoms. The quantitative estimate of drug-likeness (QED) is 0.836. The van der Waals surface area contributed by atoms with Crippen molar-refractivity contribution in [3.63, 3.8) is 0 Å². The molecule has 0 radical (unpaired) electrons. The Bertz CT molecular complexity index is 384. The van der Waals surface area contributed by atoms with E-state index in [2.05, 4.69) is 26.0 Å². The Labute approximate surface area is 103 Å². The van der Waals surface area contributed by atoms with Gasteiger partial charge in [-0.15, -0.1) is 0 Å². The summed E-state index contributed by atoms with van der Waals surface area (Å²) < 4.78 is 10.7. The van der Waals surface area contributed by atoms with E-state index < -0.39 is 0 Å². The van der Waals surface area contributed by atoms with Crippen molar-refractivity contribution >= 4 is 0 Å². The maximum atomic E-state index is 5.39. The normalized spacial score (nSPS) is 17.1. The van der Waals surface area contributed by atoms with Crippen molar-refractivity contribution in [2.75, 3.05) is 33.4 Å². The largest absolute Gasteiger partial charge is 0.496 e. The van der Waals surface area contributed by atoms with Crippen LogP contribution < -0.4 is 9.64 Å². The minimum absolute atomic E-state index is 0.892. The summed E-state index contributed by atoms with van der Waals surface area (Å²) in [5, 5.41) is 0. The number of methoxy groups -OCH3 is 1. The highest BCUT2D eigenvalue weighted by molar-refractivity contribution is 5.43. The maximum absolute atomic E-state index is 5.39. The van der Waals surface area contributed by atoms with Crippen LogP contribution in [0.5, 0.6) is 5.75 Å². The third-order valence-electron chi connectivity index (χ3n) is 3.71. The zero-order chi connectivity index (χ0) is 12.3. The summed E-state index contributed by atoms with van der Waals surface area (Å²) in [6.45, 7) is 9.43. The highest BCUT2D eigenvalue weighted by Crippen LogP contribution is 2.23.